The van der Waals surface area contributed by atoms with Gasteiger partial charge in [0.25, 0.3) is 0 Å². The maximum Gasteiger partial charge on any atom is 0.305 e. The summed E-state index contributed by atoms with van der Waals surface area (Å²) in [6, 6.07) is 6.82. The third kappa shape index (κ3) is 6.88. The first-order chi connectivity index (χ1) is 10.5. The van der Waals surface area contributed by atoms with Gasteiger partial charge < -0.3 is 15.2 Å². The fourth-order valence-electron chi connectivity index (χ4n) is 1.73. The molecule has 2 N–H and O–H groups in total. The predicted molar refractivity (Wildman–Crippen MR) is 81.1 cm³/mol. The van der Waals surface area contributed by atoms with Crippen LogP contribution >= 0.6 is 0 Å². The molecule has 6 heteroatoms. The number of nitrogens with one attached hydrogen (secondary N) is 1. The molecule has 0 fully saturated rings. The highest BCUT2D eigenvalue weighted by molar-refractivity contribution is 5.98. The lowest BCUT2D eigenvalue weighted by molar-refractivity contribution is -0.136. The van der Waals surface area contributed by atoms with Crippen LogP contribution in [0.5, 0.6) is 5.75 Å². The van der Waals surface area contributed by atoms with Crippen molar-refractivity contribution in [2.45, 2.75) is 32.6 Å². The second kappa shape index (κ2) is 9.55. The Kier molecular flexibility index (Phi) is 7.67. The second-order valence-corrected chi connectivity index (χ2v) is 4.79. The molecular formula is C16H21NO5. The van der Waals surface area contributed by atoms with Crippen LogP contribution in [0.3, 0.4) is 0 Å². The van der Waals surface area contributed by atoms with Crippen molar-refractivity contribution in [3.63, 3.8) is 0 Å². The highest BCUT2D eigenvalue weighted by atomic mass is 16.5. The predicted octanol–water partition coefficient (Wildman–Crippen LogP) is 2.03. The molecule has 0 saturated heterocycles. The zero-order valence-corrected chi connectivity index (χ0v) is 12.6. The summed E-state index contributed by atoms with van der Waals surface area (Å²) in [6.45, 7) is 2.72. The molecule has 1 aromatic rings. The van der Waals surface area contributed by atoms with Crippen LogP contribution in [0.25, 0.3) is 0 Å². The van der Waals surface area contributed by atoms with Gasteiger partial charge in [0, 0.05) is 24.9 Å². The van der Waals surface area contributed by atoms with E-state index >= 15 is 0 Å². The molecule has 0 bridgehead atoms. The standard InChI is InChI=1S/C16H21NO5/c1-2-11-22-13-5-3-12(4-6-13)14(18)7-8-15(19)17-10-9-16(20)21/h3-6H,2,7-11H2,1H3,(H,17,19)(H,20,21). The summed E-state index contributed by atoms with van der Waals surface area (Å²) in [5.41, 5.74) is 0.530. The maximum atomic E-state index is 11.9. The molecule has 0 aliphatic carbocycles. The zero-order valence-electron chi connectivity index (χ0n) is 12.6. The largest absolute Gasteiger partial charge is 0.494 e. The van der Waals surface area contributed by atoms with E-state index < -0.39 is 5.97 Å². The van der Waals surface area contributed by atoms with Crippen LogP contribution in [0, 0.1) is 0 Å². The Hall–Kier alpha value is -2.37. The average Bonchev–Trinajstić information content (AvgIpc) is 2.50. The van der Waals surface area contributed by atoms with Crippen LogP contribution in [0.1, 0.15) is 43.0 Å². The summed E-state index contributed by atoms with van der Waals surface area (Å²) >= 11 is 0. The number of carbonyl (C=O) groups is 3. The van der Waals surface area contributed by atoms with Gasteiger partial charge in [0.1, 0.15) is 5.75 Å². The topological polar surface area (TPSA) is 92.7 Å². The zero-order chi connectivity index (χ0) is 16.4. The van der Waals surface area contributed by atoms with E-state index in [1.54, 1.807) is 24.3 Å². The van der Waals surface area contributed by atoms with E-state index in [9.17, 15) is 14.4 Å². The molecule has 1 amide bonds. The Morgan fingerprint density at radius 1 is 1.09 bits per heavy atom. The third-order valence-electron chi connectivity index (χ3n) is 2.89. The summed E-state index contributed by atoms with van der Waals surface area (Å²) in [5.74, 6) is -0.709. The minimum absolute atomic E-state index is 0.0482. The number of amides is 1. The van der Waals surface area contributed by atoms with E-state index in [0.29, 0.717) is 17.9 Å². The number of hydrogen-bond donors (Lipinski definition) is 2. The summed E-state index contributed by atoms with van der Waals surface area (Å²) in [6.07, 6.45) is 0.928. The van der Waals surface area contributed by atoms with Crippen molar-refractivity contribution in [1.29, 1.82) is 0 Å². The number of ether oxygens (including phenoxy) is 1. The molecule has 120 valence electrons. The van der Waals surface area contributed by atoms with Crippen molar-refractivity contribution in [2.24, 2.45) is 0 Å². The van der Waals surface area contributed by atoms with Crippen molar-refractivity contribution in [2.75, 3.05) is 13.2 Å². The molecule has 0 aliphatic heterocycles. The van der Waals surface area contributed by atoms with Gasteiger partial charge in [0.05, 0.1) is 13.0 Å². The number of carboxylic acids is 1. The Balaban J connectivity index is 2.35. The van der Waals surface area contributed by atoms with Gasteiger partial charge in [-0.15, -0.1) is 0 Å². The van der Waals surface area contributed by atoms with E-state index in [2.05, 4.69) is 5.32 Å². The smallest absolute Gasteiger partial charge is 0.305 e. The van der Waals surface area contributed by atoms with Crippen molar-refractivity contribution in [3.05, 3.63) is 29.8 Å². The molecule has 0 atom stereocenters. The Morgan fingerprint density at radius 3 is 2.36 bits per heavy atom. The van der Waals surface area contributed by atoms with Crippen LogP contribution in [-0.2, 0) is 9.59 Å². The second-order valence-electron chi connectivity index (χ2n) is 4.79. The van der Waals surface area contributed by atoms with E-state index in [-0.39, 0.29) is 37.5 Å². The van der Waals surface area contributed by atoms with Crippen molar-refractivity contribution < 1.29 is 24.2 Å². The first kappa shape index (κ1) is 17.7. The van der Waals surface area contributed by atoms with E-state index in [1.165, 1.54) is 0 Å². The molecule has 0 aromatic heterocycles. The summed E-state index contributed by atoms with van der Waals surface area (Å²) in [4.78, 5) is 33.7. The van der Waals surface area contributed by atoms with Crippen molar-refractivity contribution >= 4 is 17.7 Å². The highest BCUT2D eigenvalue weighted by Gasteiger charge is 2.09. The molecule has 0 heterocycles. The summed E-state index contributed by atoms with van der Waals surface area (Å²) in [5, 5.41) is 10.9. The van der Waals surface area contributed by atoms with Crippen LogP contribution in [-0.4, -0.2) is 35.9 Å². The molecule has 1 aromatic carbocycles. The number of ketones is 1. The SMILES string of the molecule is CCCOc1ccc(C(=O)CCC(=O)NCCC(=O)O)cc1. The van der Waals surface area contributed by atoms with Crippen LogP contribution in [0.15, 0.2) is 24.3 Å². The van der Waals surface area contributed by atoms with Gasteiger partial charge in [0.2, 0.25) is 5.91 Å². The third-order valence-corrected chi connectivity index (χ3v) is 2.89. The minimum atomic E-state index is -0.971. The molecule has 0 saturated carbocycles. The number of hydrogen-bond acceptors (Lipinski definition) is 4. The molecule has 0 aliphatic rings. The molecule has 0 spiro atoms. The molecule has 1 rings (SSSR count). The van der Waals surface area contributed by atoms with E-state index in [1.807, 2.05) is 6.92 Å². The monoisotopic (exact) mass is 307 g/mol. The van der Waals surface area contributed by atoms with E-state index in [0.717, 1.165) is 6.42 Å². The average molecular weight is 307 g/mol. The van der Waals surface area contributed by atoms with Crippen LogP contribution in [0.2, 0.25) is 0 Å². The lowest BCUT2D eigenvalue weighted by Crippen LogP contribution is -2.26. The molecule has 6 nitrogen and oxygen atoms in total. The normalized spacial score (nSPS) is 10.0. The molecule has 0 radical (unpaired) electrons. The number of Topliss-reactive ketones (excluding diaryl/α,β-unsaturated/α-hetero) is 1. The van der Waals surface area contributed by atoms with E-state index in [4.69, 9.17) is 9.84 Å². The van der Waals surface area contributed by atoms with Gasteiger partial charge in [0.15, 0.2) is 5.78 Å². The number of rotatable bonds is 10. The van der Waals surface area contributed by atoms with Gasteiger partial charge in [-0.3, -0.25) is 14.4 Å². The van der Waals surface area contributed by atoms with Gasteiger partial charge >= 0.3 is 5.97 Å². The maximum absolute atomic E-state index is 11.9. The molecular weight excluding hydrogens is 286 g/mol. The summed E-state index contributed by atoms with van der Waals surface area (Å²) in [7, 11) is 0. The minimum Gasteiger partial charge on any atom is -0.494 e. The number of benzene rings is 1. The first-order valence-electron chi connectivity index (χ1n) is 7.27. The van der Waals surface area contributed by atoms with Crippen molar-refractivity contribution in [1.82, 2.24) is 5.32 Å². The number of carboxylic acid groups (broad SMARTS) is 1. The lowest BCUT2D eigenvalue weighted by Gasteiger charge is -2.06. The summed E-state index contributed by atoms with van der Waals surface area (Å²) < 4.78 is 5.43. The Bertz CT molecular complexity index is 510. The van der Waals surface area contributed by atoms with Crippen molar-refractivity contribution in [3.8, 4) is 5.75 Å². The van der Waals surface area contributed by atoms with Gasteiger partial charge in [-0.2, -0.15) is 0 Å². The molecule has 0 unspecified atom stereocenters. The van der Waals surface area contributed by atoms with Crippen LogP contribution in [0.4, 0.5) is 0 Å². The first-order valence-corrected chi connectivity index (χ1v) is 7.27. The lowest BCUT2D eigenvalue weighted by atomic mass is 10.1. The Labute approximate surface area is 129 Å². The fourth-order valence-corrected chi connectivity index (χ4v) is 1.73. The van der Waals surface area contributed by atoms with Gasteiger partial charge in [-0.05, 0) is 30.7 Å². The van der Waals surface area contributed by atoms with Gasteiger partial charge in [-0.25, -0.2) is 0 Å². The Morgan fingerprint density at radius 2 is 1.77 bits per heavy atom. The highest BCUT2D eigenvalue weighted by Crippen LogP contribution is 2.14. The number of carbonyl (C=O) groups excluding carboxylic acids is 2. The van der Waals surface area contributed by atoms with Gasteiger partial charge in [-0.1, -0.05) is 6.92 Å². The fraction of sp³-hybridized carbons (Fsp3) is 0.438. The number of aliphatic carboxylic acids is 1. The van der Waals surface area contributed by atoms with Crippen LogP contribution < -0.4 is 10.1 Å². The quantitative estimate of drug-likeness (QED) is 0.645. The molecule has 22 heavy (non-hydrogen) atoms.